The molecule has 2 aromatic heterocycles. The molecule has 0 spiro atoms. The molecule has 0 saturated heterocycles. The predicted octanol–water partition coefficient (Wildman–Crippen LogP) is 5.22. The molecule has 26 heavy (non-hydrogen) atoms. The van der Waals surface area contributed by atoms with Gasteiger partial charge >= 0.3 is 0 Å². The Morgan fingerprint density at radius 3 is 2.81 bits per heavy atom. The molecule has 4 rings (SSSR count). The van der Waals surface area contributed by atoms with E-state index in [9.17, 15) is 5.26 Å². The minimum absolute atomic E-state index is 0.543. The number of rotatable bonds is 3. The van der Waals surface area contributed by atoms with Gasteiger partial charge in [0.2, 0.25) is 0 Å². The zero-order valence-electron chi connectivity index (χ0n) is 15.2. The molecule has 0 amide bonds. The summed E-state index contributed by atoms with van der Waals surface area (Å²) in [4.78, 5) is 7.89. The van der Waals surface area contributed by atoms with E-state index < -0.39 is 0 Å². The Kier molecular flexibility index (Phi) is 3.85. The summed E-state index contributed by atoms with van der Waals surface area (Å²) in [7, 11) is 0. The third-order valence-corrected chi connectivity index (χ3v) is 4.90. The van der Waals surface area contributed by atoms with Crippen LogP contribution in [0.1, 0.15) is 29.6 Å². The SMILES string of the molecule is CCn1c(C)c(/C=C(/C#N)c2nc3ccc(C)cc3[nH]2)c2ccccc21. The van der Waals surface area contributed by atoms with E-state index in [2.05, 4.69) is 52.7 Å². The Hall–Kier alpha value is -3.32. The molecule has 0 radical (unpaired) electrons. The van der Waals surface area contributed by atoms with E-state index in [0.29, 0.717) is 11.4 Å². The topological polar surface area (TPSA) is 57.4 Å². The smallest absolute Gasteiger partial charge is 0.149 e. The number of hydrogen-bond donors (Lipinski definition) is 1. The second-order valence-corrected chi connectivity index (χ2v) is 6.54. The van der Waals surface area contributed by atoms with Crippen LogP contribution in [0.25, 0.3) is 33.6 Å². The first-order chi connectivity index (χ1) is 12.6. The number of aromatic amines is 1. The summed E-state index contributed by atoms with van der Waals surface area (Å²) in [6, 6.07) is 16.7. The van der Waals surface area contributed by atoms with E-state index in [4.69, 9.17) is 0 Å². The fourth-order valence-corrected chi connectivity index (χ4v) is 3.60. The second-order valence-electron chi connectivity index (χ2n) is 6.54. The number of para-hydroxylation sites is 1. The quantitative estimate of drug-likeness (QED) is 0.520. The first-order valence-corrected chi connectivity index (χ1v) is 8.78. The van der Waals surface area contributed by atoms with Crippen molar-refractivity contribution in [3.8, 4) is 6.07 Å². The van der Waals surface area contributed by atoms with Crippen LogP contribution in [0.3, 0.4) is 0 Å². The molecule has 128 valence electrons. The average Bonchev–Trinajstić information content (AvgIpc) is 3.17. The maximum atomic E-state index is 9.76. The Balaban J connectivity index is 1.92. The van der Waals surface area contributed by atoms with Gasteiger partial charge in [-0.1, -0.05) is 24.3 Å². The number of imidazole rings is 1. The molecule has 4 nitrogen and oxygen atoms in total. The fraction of sp³-hybridized carbons (Fsp3) is 0.182. The van der Waals surface area contributed by atoms with E-state index in [1.807, 2.05) is 37.3 Å². The standard InChI is InChI=1S/C22H20N4/c1-4-26-15(3)18(17-7-5-6-8-21(17)26)12-16(13-23)22-24-19-10-9-14(2)11-20(19)25-22/h5-12H,4H2,1-3H3,(H,24,25)/b16-12-. The number of nitrogens with zero attached hydrogens (tertiary/aromatic N) is 3. The molecule has 0 fully saturated rings. The number of hydrogen-bond acceptors (Lipinski definition) is 2. The zero-order valence-corrected chi connectivity index (χ0v) is 15.2. The van der Waals surface area contributed by atoms with Gasteiger partial charge in [-0.3, -0.25) is 0 Å². The minimum atomic E-state index is 0.543. The van der Waals surface area contributed by atoms with Crippen molar-refractivity contribution in [2.24, 2.45) is 0 Å². The van der Waals surface area contributed by atoms with Gasteiger partial charge in [0.25, 0.3) is 0 Å². The number of benzene rings is 2. The van der Waals surface area contributed by atoms with Crippen LogP contribution >= 0.6 is 0 Å². The monoisotopic (exact) mass is 340 g/mol. The summed E-state index contributed by atoms with van der Waals surface area (Å²) in [5.74, 6) is 0.612. The van der Waals surface area contributed by atoms with Crippen LogP contribution in [0.2, 0.25) is 0 Å². The van der Waals surface area contributed by atoms with Crippen molar-refractivity contribution in [1.29, 1.82) is 5.26 Å². The highest BCUT2D eigenvalue weighted by Crippen LogP contribution is 2.29. The highest BCUT2D eigenvalue weighted by molar-refractivity contribution is 5.99. The summed E-state index contributed by atoms with van der Waals surface area (Å²) in [5, 5.41) is 10.9. The molecule has 4 aromatic rings. The van der Waals surface area contributed by atoms with Crippen LogP contribution in [0.4, 0.5) is 0 Å². The Bertz CT molecular complexity index is 1200. The second kappa shape index (κ2) is 6.20. The number of nitriles is 1. The van der Waals surface area contributed by atoms with Crippen LogP contribution < -0.4 is 0 Å². The number of allylic oxidation sites excluding steroid dienone is 1. The molecule has 2 heterocycles. The Morgan fingerprint density at radius 1 is 1.23 bits per heavy atom. The molecular weight excluding hydrogens is 320 g/mol. The molecule has 0 aliphatic carbocycles. The van der Waals surface area contributed by atoms with Gasteiger partial charge in [0.1, 0.15) is 11.9 Å². The average molecular weight is 340 g/mol. The van der Waals surface area contributed by atoms with E-state index in [-0.39, 0.29) is 0 Å². The van der Waals surface area contributed by atoms with Gasteiger partial charge in [-0.2, -0.15) is 5.26 Å². The molecular formula is C22H20N4. The van der Waals surface area contributed by atoms with Crippen LogP contribution in [-0.2, 0) is 6.54 Å². The zero-order chi connectivity index (χ0) is 18.3. The molecule has 2 aromatic carbocycles. The summed E-state index contributed by atoms with van der Waals surface area (Å²) in [6.07, 6.45) is 1.95. The van der Waals surface area contributed by atoms with Gasteiger partial charge in [-0.15, -0.1) is 0 Å². The number of nitrogens with one attached hydrogen (secondary N) is 1. The molecule has 0 saturated carbocycles. The molecule has 0 atom stereocenters. The molecule has 0 bridgehead atoms. The van der Waals surface area contributed by atoms with Crippen molar-refractivity contribution in [3.63, 3.8) is 0 Å². The highest BCUT2D eigenvalue weighted by atomic mass is 15.0. The lowest BCUT2D eigenvalue weighted by molar-refractivity contribution is 0.769. The van der Waals surface area contributed by atoms with Crippen molar-refractivity contribution < 1.29 is 0 Å². The van der Waals surface area contributed by atoms with E-state index in [1.54, 1.807) is 0 Å². The molecule has 1 N–H and O–H groups in total. The van der Waals surface area contributed by atoms with Crippen molar-refractivity contribution in [2.75, 3.05) is 0 Å². The van der Waals surface area contributed by atoms with Crippen LogP contribution in [0.15, 0.2) is 42.5 Å². The predicted molar refractivity (Wildman–Crippen MR) is 107 cm³/mol. The van der Waals surface area contributed by atoms with Crippen LogP contribution in [-0.4, -0.2) is 14.5 Å². The summed E-state index contributed by atoms with van der Waals surface area (Å²) >= 11 is 0. The van der Waals surface area contributed by atoms with Gasteiger partial charge < -0.3 is 9.55 Å². The first-order valence-electron chi connectivity index (χ1n) is 8.78. The largest absolute Gasteiger partial charge is 0.345 e. The molecule has 0 unspecified atom stereocenters. The summed E-state index contributed by atoms with van der Waals surface area (Å²) in [6.45, 7) is 7.18. The van der Waals surface area contributed by atoms with Crippen LogP contribution in [0.5, 0.6) is 0 Å². The van der Waals surface area contributed by atoms with Gasteiger partial charge in [0.15, 0.2) is 0 Å². The molecule has 0 aliphatic heterocycles. The Morgan fingerprint density at radius 2 is 2.04 bits per heavy atom. The van der Waals surface area contributed by atoms with Gasteiger partial charge in [-0.25, -0.2) is 4.98 Å². The number of fused-ring (bicyclic) bond motifs is 2. The lowest BCUT2D eigenvalue weighted by Crippen LogP contribution is -1.96. The van der Waals surface area contributed by atoms with Gasteiger partial charge in [0.05, 0.1) is 16.6 Å². The Labute approximate surface area is 152 Å². The number of aryl methyl sites for hydroxylation is 2. The number of aromatic nitrogens is 3. The normalized spacial score (nSPS) is 12.0. The maximum absolute atomic E-state index is 9.76. The third kappa shape index (κ3) is 2.49. The van der Waals surface area contributed by atoms with E-state index in [0.717, 1.165) is 39.8 Å². The maximum Gasteiger partial charge on any atom is 0.149 e. The van der Waals surface area contributed by atoms with E-state index >= 15 is 0 Å². The van der Waals surface area contributed by atoms with Gasteiger partial charge in [-0.05, 0) is 50.6 Å². The van der Waals surface area contributed by atoms with Gasteiger partial charge in [0, 0.05) is 28.7 Å². The molecule has 0 aliphatic rings. The van der Waals surface area contributed by atoms with Crippen LogP contribution in [0, 0.1) is 25.2 Å². The van der Waals surface area contributed by atoms with Crippen molar-refractivity contribution >= 4 is 33.6 Å². The van der Waals surface area contributed by atoms with E-state index in [1.165, 1.54) is 5.52 Å². The van der Waals surface area contributed by atoms with Crippen molar-refractivity contribution in [2.45, 2.75) is 27.3 Å². The summed E-state index contributed by atoms with van der Waals surface area (Å²) < 4.78 is 2.28. The number of H-pyrrole nitrogens is 1. The lowest BCUT2D eigenvalue weighted by atomic mass is 10.1. The third-order valence-electron chi connectivity index (χ3n) is 4.90. The van der Waals surface area contributed by atoms with Crippen molar-refractivity contribution in [3.05, 3.63) is 65.1 Å². The summed E-state index contributed by atoms with van der Waals surface area (Å²) in [5.41, 5.74) is 6.96. The minimum Gasteiger partial charge on any atom is -0.345 e. The highest BCUT2D eigenvalue weighted by Gasteiger charge is 2.14. The molecule has 4 heteroatoms. The van der Waals surface area contributed by atoms with Crippen molar-refractivity contribution in [1.82, 2.24) is 14.5 Å². The fourth-order valence-electron chi connectivity index (χ4n) is 3.60. The lowest BCUT2D eigenvalue weighted by Gasteiger charge is -2.03. The first kappa shape index (κ1) is 16.2.